The molecule has 0 spiro atoms. The van der Waals surface area contributed by atoms with E-state index in [1.165, 1.54) is 6.08 Å². The van der Waals surface area contributed by atoms with Crippen LogP contribution in [0.25, 0.3) is 6.08 Å². The van der Waals surface area contributed by atoms with Crippen LogP contribution in [0.15, 0.2) is 30.3 Å². The number of carbonyl (C=O) groups excluding carboxylic acids is 1. The van der Waals surface area contributed by atoms with Crippen molar-refractivity contribution < 1.29 is 19.4 Å². The lowest BCUT2D eigenvalue weighted by atomic mass is 10.1. The van der Waals surface area contributed by atoms with Crippen LogP contribution in [-0.4, -0.2) is 57.5 Å². The number of aliphatic carboxylic acids is 1. The first-order valence-corrected chi connectivity index (χ1v) is 9.80. The van der Waals surface area contributed by atoms with Crippen molar-refractivity contribution in [1.82, 2.24) is 14.7 Å². The summed E-state index contributed by atoms with van der Waals surface area (Å²) in [6, 6.07) is 7.64. The van der Waals surface area contributed by atoms with Crippen molar-refractivity contribution in [3.63, 3.8) is 0 Å². The predicted octanol–water partition coefficient (Wildman–Crippen LogP) is 2.92. The van der Waals surface area contributed by atoms with Crippen molar-refractivity contribution in [3.8, 4) is 0 Å². The fraction of sp³-hybridized carbons (Fsp3) is 0.381. The molecule has 1 fully saturated rings. The number of ether oxygens (including phenoxy) is 1. The van der Waals surface area contributed by atoms with E-state index in [2.05, 4.69) is 5.10 Å². The fourth-order valence-electron chi connectivity index (χ4n) is 3.39. The molecule has 0 saturated carbocycles. The molecule has 1 atom stereocenters. The van der Waals surface area contributed by atoms with Crippen LogP contribution in [0.4, 0.5) is 0 Å². The third-order valence-corrected chi connectivity index (χ3v) is 5.33. The summed E-state index contributed by atoms with van der Waals surface area (Å²) in [6.45, 7) is 5.47. The summed E-state index contributed by atoms with van der Waals surface area (Å²) in [6.07, 6.45) is 2.70. The zero-order valence-corrected chi connectivity index (χ0v) is 17.2. The molecule has 1 unspecified atom stereocenters. The highest BCUT2D eigenvalue weighted by Gasteiger charge is 2.25. The summed E-state index contributed by atoms with van der Waals surface area (Å²) in [5.41, 5.74) is 3.63. The number of aromatic nitrogens is 2. The molecule has 1 aliphatic rings. The Labute approximate surface area is 174 Å². The van der Waals surface area contributed by atoms with Crippen LogP contribution < -0.4 is 0 Å². The van der Waals surface area contributed by atoms with Gasteiger partial charge < -0.3 is 14.7 Å². The number of benzene rings is 1. The second kappa shape index (κ2) is 9.24. The number of nitrogens with zero attached hydrogens (tertiary/aromatic N) is 3. The third kappa shape index (κ3) is 5.25. The highest BCUT2D eigenvalue weighted by atomic mass is 35.5. The molecular formula is C21H24ClN3O4. The minimum absolute atomic E-state index is 0.111. The molecule has 0 radical (unpaired) electrons. The predicted molar refractivity (Wildman–Crippen MR) is 110 cm³/mol. The fourth-order valence-corrected chi connectivity index (χ4v) is 3.59. The number of carboxylic acid groups (broad SMARTS) is 1. The molecule has 1 aromatic carbocycles. The Hall–Kier alpha value is -2.64. The Balaban J connectivity index is 1.70. The third-order valence-electron chi connectivity index (χ3n) is 4.96. The Morgan fingerprint density at radius 3 is 2.83 bits per heavy atom. The number of aryl methyl sites for hydroxylation is 1. The lowest BCUT2D eigenvalue weighted by Gasteiger charge is -2.31. The van der Waals surface area contributed by atoms with Gasteiger partial charge in [0.1, 0.15) is 0 Å². The molecule has 0 bridgehead atoms. The second-order valence-electron chi connectivity index (χ2n) is 7.04. The quantitative estimate of drug-likeness (QED) is 0.730. The molecule has 1 aliphatic heterocycles. The zero-order valence-electron chi connectivity index (χ0n) is 16.5. The van der Waals surface area contributed by atoms with Gasteiger partial charge in [-0.05, 0) is 31.6 Å². The highest BCUT2D eigenvalue weighted by Crippen LogP contribution is 2.20. The average Bonchev–Trinajstić information content (AvgIpc) is 2.94. The van der Waals surface area contributed by atoms with E-state index in [1.807, 2.05) is 42.8 Å². The zero-order chi connectivity index (χ0) is 21.0. The number of rotatable bonds is 6. The summed E-state index contributed by atoms with van der Waals surface area (Å²) in [7, 11) is 0. The normalized spacial score (nSPS) is 17.1. The van der Waals surface area contributed by atoms with Gasteiger partial charge in [-0.15, -0.1) is 0 Å². The maximum Gasteiger partial charge on any atom is 0.306 e. The molecule has 154 valence electrons. The van der Waals surface area contributed by atoms with Gasteiger partial charge in [0.05, 0.1) is 31.4 Å². The smallest absolute Gasteiger partial charge is 0.306 e. The van der Waals surface area contributed by atoms with Crippen molar-refractivity contribution in [2.24, 2.45) is 0 Å². The maximum absolute atomic E-state index is 12.6. The minimum atomic E-state index is -0.933. The first-order chi connectivity index (χ1) is 13.8. The SMILES string of the molecule is Cc1nn(Cc2ccccc2Cl)c(C)c1/C=C/C(=O)N1CCOC(CC(=O)O)C1. The van der Waals surface area contributed by atoms with Crippen LogP contribution in [0.5, 0.6) is 0 Å². The number of halogens is 1. The standard InChI is InChI=1S/C21H24ClN3O4/c1-14-18(15(2)25(23-14)12-16-5-3-4-6-19(16)22)7-8-20(26)24-9-10-29-17(13-24)11-21(27)28/h3-8,17H,9-13H2,1-2H3,(H,27,28)/b8-7+. The van der Waals surface area contributed by atoms with Gasteiger partial charge in [0.15, 0.2) is 0 Å². The van der Waals surface area contributed by atoms with Gasteiger partial charge in [-0.25, -0.2) is 0 Å². The topological polar surface area (TPSA) is 84.7 Å². The van der Waals surface area contributed by atoms with E-state index < -0.39 is 12.1 Å². The van der Waals surface area contributed by atoms with Gasteiger partial charge in [-0.2, -0.15) is 5.10 Å². The number of hydrogen-bond donors (Lipinski definition) is 1. The summed E-state index contributed by atoms with van der Waals surface area (Å²) < 4.78 is 7.29. The van der Waals surface area contributed by atoms with Gasteiger partial charge in [-0.1, -0.05) is 29.8 Å². The summed E-state index contributed by atoms with van der Waals surface area (Å²) in [5.74, 6) is -1.10. The van der Waals surface area contributed by atoms with Crippen LogP contribution in [0.3, 0.4) is 0 Å². The molecule has 7 nitrogen and oxygen atoms in total. The van der Waals surface area contributed by atoms with Gasteiger partial charge in [0, 0.05) is 35.4 Å². The first-order valence-electron chi connectivity index (χ1n) is 9.43. The Morgan fingerprint density at radius 2 is 2.10 bits per heavy atom. The van der Waals surface area contributed by atoms with Gasteiger partial charge in [0.25, 0.3) is 0 Å². The lowest BCUT2D eigenvalue weighted by molar-refractivity contribution is -0.145. The first kappa shape index (κ1) is 21.1. The highest BCUT2D eigenvalue weighted by molar-refractivity contribution is 6.31. The lowest BCUT2D eigenvalue weighted by Crippen LogP contribution is -2.45. The van der Waals surface area contributed by atoms with Crippen LogP contribution in [0.1, 0.15) is 28.9 Å². The Morgan fingerprint density at radius 1 is 1.34 bits per heavy atom. The molecule has 3 rings (SSSR count). The number of carbonyl (C=O) groups is 2. The average molecular weight is 418 g/mol. The van der Waals surface area contributed by atoms with Crippen LogP contribution in [-0.2, 0) is 20.9 Å². The molecule has 1 amide bonds. The van der Waals surface area contributed by atoms with Crippen LogP contribution in [0.2, 0.25) is 5.02 Å². The number of morpholine rings is 1. The molecule has 2 aromatic rings. The van der Waals surface area contributed by atoms with Gasteiger partial charge in [-0.3, -0.25) is 14.3 Å². The van der Waals surface area contributed by atoms with Crippen LogP contribution >= 0.6 is 11.6 Å². The Bertz CT molecular complexity index is 938. The van der Waals surface area contributed by atoms with E-state index in [0.29, 0.717) is 24.7 Å². The largest absolute Gasteiger partial charge is 0.481 e. The maximum atomic E-state index is 12.6. The van der Waals surface area contributed by atoms with Crippen LogP contribution in [0, 0.1) is 13.8 Å². The van der Waals surface area contributed by atoms with Gasteiger partial charge in [0.2, 0.25) is 5.91 Å². The number of hydrogen-bond acceptors (Lipinski definition) is 4. The van der Waals surface area contributed by atoms with E-state index in [4.69, 9.17) is 21.4 Å². The number of carboxylic acids is 1. The molecule has 1 saturated heterocycles. The van der Waals surface area contributed by atoms with Crippen molar-refractivity contribution in [2.75, 3.05) is 19.7 Å². The second-order valence-corrected chi connectivity index (χ2v) is 7.45. The molecule has 1 N–H and O–H groups in total. The van der Waals surface area contributed by atoms with Crippen molar-refractivity contribution in [1.29, 1.82) is 0 Å². The molecular weight excluding hydrogens is 394 g/mol. The monoisotopic (exact) mass is 417 g/mol. The minimum Gasteiger partial charge on any atom is -0.481 e. The van der Waals surface area contributed by atoms with Crippen molar-refractivity contribution >= 4 is 29.6 Å². The van der Waals surface area contributed by atoms with E-state index in [1.54, 1.807) is 11.0 Å². The van der Waals surface area contributed by atoms with Gasteiger partial charge >= 0.3 is 5.97 Å². The number of amides is 1. The summed E-state index contributed by atoms with van der Waals surface area (Å²) >= 11 is 6.25. The van der Waals surface area contributed by atoms with E-state index in [0.717, 1.165) is 22.5 Å². The summed E-state index contributed by atoms with van der Waals surface area (Å²) in [5, 5.41) is 14.2. The van der Waals surface area contributed by atoms with Crippen molar-refractivity contribution in [2.45, 2.75) is 32.9 Å². The summed E-state index contributed by atoms with van der Waals surface area (Å²) in [4.78, 5) is 25.0. The van der Waals surface area contributed by atoms with E-state index in [9.17, 15) is 9.59 Å². The van der Waals surface area contributed by atoms with E-state index in [-0.39, 0.29) is 18.9 Å². The molecule has 29 heavy (non-hydrogen) atoms. The molecule has 0 aliphatic carbocycles. The molecule has 1 aromatic heterocycles. The molecule has 2 heterocycles. The molecule has 8 heteroatoms. The Kier molecular flexibility index (Phi) is 6.71. The van der Waals surface area contributed by atoms with Crippen molar-refractivity contribution in [3.05, 3.63) is 57.9 Å². The van der Waals surface area contributed by atoms with E-state index >= 15 is 0 Å².